The van der Waals surface area contributed by atoms with E-state index in [4.69, 9.17) is 10.6 Å². The lowest BCUT2D eigenvalue weighted by molar-refractivity contribution is 0.445. The smallest absolute Gasteiger partial charge is 0.227 e. The summed E-state index contributed by atoms with van der Waals surface area (Å²) in [6.07, 6.45) is 1.80. The molecule has 1 heterocycles. The average Bonchev–Trinajstić information content (AvgIpc) is 2.37. The lowest BCUT2D eigenvalue weighted by Crippen LogP contribution is -2.12. The van der Waals surface area contributed by atoms with Gasteiger partial charge in [-0.25, -0.2) is 24.6 Å². The van der Waals surface area contributed by atoms with Crippen molar-refractivity contribution in [3.05, 3.63) is 41.7 Å². The Balaban J connectivity index is 2.37. The molecule has 0 fully saturated rings. The number of hydrazine groups is 1. The number of nitrogens with zero attached hydrogens (tertiary/aromatic N) is 2. The van der Waals surface area contributed by atoms with E-state index in [1.807, 2.05) is 6.92 Å². The van der Waals surface area contributed by atoms with Gasteiger partial charge in [0.05, 0.1) is 5.56 Å². The first kappa shape index (κ1) is 13.2. The highest BCUT2D eigenvalue weighted by molar-refractivity contribution is 5.48. The molecule has 2 aromatic rings. The number of nitrogens with two attached hydrogens (primary N) is 1. The standard InChI is InChI=1S/C12H12F2N4O/c1-2-10-11(18-15)16-6-17-12(10)19-9-4-7(13)3-8(14)5-9/h3-6H,2,15H2,1H3,(H,16,17,18). The second-order valence-electron chi connectivity index (χ2n) is 3.71. The molecule has 0 amide bonds. The Morgan fingerprint density at radius 3 is 2.47 bits per heavy atom. The van der Waals surface area contributed by atoms with Crippen LogP contribution in [0.15, 0.2) is 24.5 Å². The number of benzene rings is 1. The van der Waals surface area contributed by atoms with Gasteiger partial charge in [-0.3, -0.25) is 0 Å². The van der Waals surface area contributed by atoms with E-state index in [2.05, 4.69) is 15.4 Å². The molecule has 100 valence electrons. The van der Waals surface area contributed by atoms with Crippen LogP contribution >= 0.6 is 0 Å². The van der Waals surface area contributed by atoms with Crippen LogP contribution in [0.4, 0.5) is 14.6 Å². The summed E-state index contributed by atoms with van der Waals surface area (Å²) in [6.45, 7) is 1.86. The molecule has 0 unspecified atom stereocenters. The second kappa shape index (κ2) is 5.57. The first-order valence-electron chi connectivity index (χ1n) is 5.58. The van der Waals surface area contributed by atoms with Crippen LogP contribution in [0.25, 0.3) is 0 Å². The number of nitrogens with one attached hydrogen (secondary N) is 1. The van der Waals surface area contributed by atoms with Crippen LogP contribution in [0.5, 0.6) is 11.6 Å². The van der Waals surface area contributed by atoms with Crippen LogP contribution < -0.4 is 16.0 Å². The summed E-state index contributed by atoms with van der Waals surface area (Å²) < 4.78 is 31.5. The average molecular weight is 266 g/mol. The fourth-order valence-corrected chi connectivity index (χ4v) is 1.63. The van der Waals surface area contributed by atoms with Gasteiger partial charge in [0.1, 0.15) is 29.5 Å². The van der Waals surface area contributed by atoms with Gasteiger partial charge in [-0.1, -0.05) is 6.92 Å². The van der Waals surface area contributed by atoms with Crippen molar-refractivity contribution in [3.63, 3.8) is 0 Å². The molecule has 0 aliphatic carbocycles. The van der Waals surface area contributed by atoms with Crippen molar-refractivity contribution >= 4 is 5.82 Å². The topological polar surface area (TPSA) is 73.1 Å². The van der Waals surface area contributed by atoms with Gasteiger partial charge in [0.15, 0.2) is 0 Å². The molecule has 0 saturated carbocycles. The first-order valence-corrected chi connectivity index (χ1v) is 5.58. The molecule has 0 spiro atoms. The second-order valence-corrected chi connectivity index (χ2v) is 3.71. The number of aromatic nitrogens is 2. The van der Waals surface area contributed by atoms with Crippen molar-refractivity contribution in [3.8, 4) is 11.6 Å². The molecule has 0 aliphatic heterocycles. The predicted molar refractivity (Wildman–Crippen MR) is 65.7 cm³/mol. The van der Waals surface area contributed by atoms with Crippen LogP contribution in [0, 0.1) is 11.6 Å². The quantitative estimate of drug-likeness (QED) is 0.656. The molecule has 3 N–H and O–H groups in total. The van der Waals surface area contributed by atoms with Crippen molar-refractivity contribution in [2.45, 2.75) is 13.3 Å². The number of rotatable bonds is 4. The summed E-state index contributed by atoms with van der Waals surface area (Å²) in [6, 6.07) is 2.90. The molecule has 0 saturated heterocycles. The van der Waals surface area contributed by atoms with E-state index in [1.54, 1.807) is 0 Å². The van der Waals surface area contributed by atoms with E-state index in [0.29, 0.717) is 17.8 Å². The van der Waals surface area contributed by atoms with Gasteiger partial charge in [-0.05, 0) is 6.42 Å². The van der Waals surface area contributed by atoms with Gasteiger partial charge in [-0.2, -0.15) is 0 Å². The first-order chi connectivity index (χ1) is 9.13. The number of halogens is 2. The van der Waals surface area contributed by atoms with Crippen LogP contribution in [0.2, 0.25) is 0 Å². The number of ether oxygens (including phenoxy) is 1. The minimum absolute atomic E-state index is 0.0221. The molecule has 1 aromatic carbocycles. The molecule has 19 heavy (non-hydrogen) atoms. The maximum absolute atomic E-state index is 13.1. The van der Waals surface area contributed by atoms with Gasteiger partial charge in [-0.15, -0.1) is 0 Å². The number of hydrogen-bond acceptors (Lipinski definition) is 5. The Hall–Kier alpha value is -2.28. The summed E-state index contributed by atoms with van der Waals surface area (Å²) in [7, 11) is 0. The van der Waals surface area contributed by atoms with Crippen LogP contribution in [-0.4, -0.2) is 9.97 Å². The summed E-state index contributed by atoms with van der Waals surface area (Å²) in [4.78, 5) is 7.87. The van der Waals surface area contributed by atoms with E-state index in [9.17, 15) is 8.78 Å². The van der Waals surface area contributed by atoms with E-state index in [-0.39, 0.29) is 11.6 Å². The number of hydrogen-bond donors (Lipinski definition) is 2. The molecule has 1 aromatic heterocycles. The predicted octanol–water partition coefficient (Wildman–Crippen LogP) is 2.40. The van der Waals surface area contributed by atoms with E-state index >= 15 is 0 Å². The van der Waals surface area contributed by atoms with Gasteiger partial charge in [0.2, 0.25) is 5.88 Å². The highest BCUT2D eigenvalue weighted by Gasteiger charge is 2.12. The van der Waals surface area contributed by atoms with Crippen molar-refractivity contribution in [1.82, 2.24) is 9.97 Å². The normalized spacial score (nSPS) is 10.3. The lowest BCUT2D eigenvalue weighted by Gasteiger charge is -2.11. The Morgan fingerprint density at radius 2 is 1.89 bits per heavy atom. The lowest BCUT2D eigenvalue weighted by atomic mass is 10.2. The summed E-state index contributed by atoms with van der Waals surface area (Å²) in [5, 5.41) is 0. The molecule has 5 nitrogen and oxygen atoms in total. The highest BCUT2D eigenvalue weighted by Crippen LogP contribution is 2.27. The molecule has 2 rings (SSSR count). The molecular formula is C12H12F2N4O. The summed E-state index contributed by atoms with van der Waals surface area (Å²) in [5.74, 6) is 4.51. The minimum atomic E-state index is -0.723. The van der Waals surface area contributed by atoms with Crippen molar-refractivity contribution in [1.29, 1.82) is 0 Å². The summed E-state index contributed by atoms with van der Waals surface area (Å²) in [5.41, 5.74) is 3.04. The van der Waals surface area contributed by atoms with E-state index in [0.717, 1.165) is 18.2 Å². The number of anilines is 1. The zero-order valence-electron chi connectivity index (χ0n) is 10.2. The fraction of sp³-hybridized carbons (Fsp3) is 0.167. The minimum Gasteiger partial charge on any atom is -0.438 e. The zero-order valence-corrected chi connectivity index (χ0v) is 10.2. The van der Waals surface area contributed by atoms with Gasteiger partial charge < -0.3 is 10.2 Å². The molecule has 0 bridgehead atoms. The molecule has 0 aliphatic rings. The molecule has 7 heteroatoms. The Kier molecular flexibility index (Phi) is 3.86. The SMILES string of the molecule is CCc1c(NN)ncnc1Oc1cc(F)cc(F)c1. The fourth-order valence-electron chi connectivity index (χ4n) is 1.63. The third kappa shape index (κ3) is 2.94. The van der Waals surface area contributed by atoms with Crippen LogP contribution in [0.3, 0.4) is 0 Å². The zero-order chi connectivity index (χ0) is 13.8. The van der Waals surface area contributed by atoms with Gasteiger partial charge >= 0.3 is 0 Å². The number of nitrogen functional groups attached to an aromatic ring is 1. The Morgan fingerprint density at radius 1 is 1.21 bits per heavy atom. The van der Waals surface area contributed by atoms with E-state index in [1.165, 1.54) is 6.33 Å². The summed E-state index contributed by atoms with van der Waals surface area (Å²) >= 11 is 0. The Labute approximate surface area is 108 Å². The third-order valence-corrected chi connectivity index (χ3v) is 2.45. The van der Waals surface area contributed by atoms with E-state index < -0.39 is 11.6 Å². The molecule has 0 radical (unpaired) electrons. The molecular weight excluding hydrogens is 254 g/mol. The van der Waals surface area contributed by atoms with Crippen LogP contribution in [0.1, 0.15) is 12.5 Å². The van der Waals surface area contributed by atoms with Crippen LogP contribution in [-0.2, 0) is 6.42 Å². The van der Waals surface area contributed by atoms with Gasteiger partial charge in [0.25, 0.3) is 0 Å². The van der Waals surface area contributed by atoms with Crippen molar-refractivity contribution in [2.24, 2.45) is 5.84 Å². The maximum Gasteiger partial charge on any atom is 0.227 e. The monoisotopic (exact) mass is 266 g/mol. The van der Waals surface area contributed by atoms with Crippen molar-refractivity contribution in [2.75, 3.05) is 5.43 Å². The van der Waals surface area contributed by atoms with Gasteiger partial charge in [0, 0.05) is 18.2 Å². The molecule has 0 atom stereocenters. The largest absolute Gasteiger partial charge is 0.438 e. The third-order valence-electron chi connectivity index (χ3n) is 2.45. The highest BCUT2D eigenvalue weighted by atomic mass is 19.1. The Bertz CT molecular complexity index is 572. The van der Waals surface area contributed by atoms with Crippen molar-refractivity contribution < 1.29 is 13.5 Å². The maximum atomic E-state index is 13.1.